The Morgan fingerprint density at radius 3 is 2.37 bits per heavy atom. The lowest BCUT2D eigenvalue weighted by Crippen LogP contribution is -2.35. The maximum absolute atomic E-state index is 13.4. The van der Waals surface area contributed by atoms with Gasteiger partial charge in [0.2, 0.25) is 0 Å². The zero-order chi connectivity index (χ0) is 26.9. The number of hydrogen-bond acceptors (Lipinski definition) is 7. The molecule has 1 aromatic heterocycles. The van der Waals surface area contributed by atoms with Crippen molar-refractivity contribution in [1.82, 2.24) is 15.6 Å². The molecule has 0 spiro atoms. The van der Waals surface area contributed by atoms with Crippen molar-refractivity contribution in [1.29, 1.82) is 5.53 Å². The Labute approximate surface area is 224 Å². The summed E-state index contributed by atoms with van der Waals surface area (Å²) in [6.45, 7) is 8.89. The third-order valence-electron chi connectivity index (χ3n) is 7.85. The minimum Gasteiger partial charge on any atom is -0.416 e. The third kappa shape index (κ3) is 7.52. The molecule has 2 aliphatic rings. The number of rotatable bonds is 10. The van der Waals surface area contributed by atoms with Crippen molar-refractivity contribution in [3.63, 3.8) is 0 Å². The van der Waals surface area contributed by atoms with E-state index in [2.05, 4.69) is 27.2 Å². The Morgan fingerprint density at radius 1 is 1.05 bits per heavy atom. The molecule has 1 saturated heterocycles. The number of para-hydroxylation sites is 1. The van der Waals surface area contributed by atoms with Gasteiger partial charge in [0.05, 0.1) is 23.4 Å². The molecule has 1 aliphatic heterocycles. The molecule has 9 heteroatoms. The van der Waals surface area contributed by atoms with Gasteiger partial charge in [-0.1, -0.05) is 24.8 Å². The van der Waals surface area contributed by atoms with Crippen LogP contribution in [0.3, 0.4) is 0 Å². The van der Waals surface area contributed by atoms with Gasteiger partial charge < -0.3 is 20.3 Å². The summed E-state index contributed by atoms with van der Waals surface area (Å²) in [5.74, 6) is 2.64. The van der Waals surface area contributed by atoms with Gasteiger partial charge in [-0.3, -0.25) is 4.79 Å². The maximum atomic E-state index is 13.4. The van der Waals surface area contributed by atoms with Gasteiger partial charge in [-0.25, -0.2) is 15.3 Å². The molecule has 2 fully saturated rings. The van der Waals surface area contributed by atoms with Gasteiger partial charge >= 0.3 is 6.09 Å². The molecule has 38 heavy (non-hydrogen) atoms. The Hall–Kier alpha value is -3.49. The molecule has 3 N–H and O–H groups in total. The Morgan fingerprint density at radius 2 is 1.71 bits per heavy atom. The van der Waals surface area contributed by atoms with Gasteiger partial charge in [-0.05, 0) is 81.8 Å². The van der Waals surface area contributed by atoms with Gasteiger partial charge in [-0.2, -0.15) is 5.11 Å². The van der Waals surface area contributed by atoms with Crippen LogP contribution in [0.1, 0.15) is 62.2 Å². The standard InChI is InChI=1S/C29H40N6O3/c1-20(2)38-29(37)32-19-23-9-7-22(8-10-23)18-31-28(36)25-17-27(34-26-6-4-3-5-24(25)26)35-15-12-21(13-16-35)11-14-33-30/h3-6,17,21-23,30H,1,7-16,18-19H2,2H3,(H,31,36)(H,32,37)/t22-,23-. The van der Waals surface area contributed by atoms with Gasteiger partial charge in [0, 0.05) is 31.6 Å². The van der Waals surface area contributed by atoms with Crippen molar-refractivity contribution >= 4 is 28.7 Å². The largest absolute Gasteiger partial charge is 0.416 e. The Bertz CT molecular complexity index is 1140. The molecule has 1 aliphatic carbocycles. The van der Waals surface area contributed by atoms with E-state index in [-0.39, 0.29) is 5.91 Å². The first-order valence-corrected chi connectivity index (χ1v) is 13.8. The highest BCUT2D eigenvalue weighted by molar-refractivity contribution is 6.07. The number of fused-ring (bicyclic) bond motifs is 1. The summed E-state index contributed by atoms with van der Waals surface area (Å²) in [5.41, 5.74) is 8.55. The fourth-order valence-electron chi connectivity index (χ4n) is 5.60. The van der Waals surface area contributed by atoms with Crippen LogP contribution >= 0.6 is 0 Å². The van der Waals surface area contributed by atoms with E-state index in [4.69, 9.17) is 15.3 Å². The molecule has 0 bridgehead atoms. The molecule has 204 valence electrons. The highest BCUT2D eigenvalue weighted by Gasteiger charge is 2.24. The summed E-state index contributed by atoms with van der Waals surface area (Å²) >= 11 is 0. The molecule has 0 unspecified atom stereocenters. The van der Waals surface area contributed by atoms with Gasteiger partial charge in [0.1, 0.15) is 5.82 Å². The molecular weight excluding hydrogens is 480 g/mol. The van der Waals surface area contributed by atoms with Crippen LogP contribution < -0.4 is 15.5 Å². The second kappa shape index (κ2) is 13.3. The average molecular weight is 521 g/mol. The van der Waals surface area contributed by atoms with Crippen LogP contribution in [-0.4, -0.2) is 49.7 Å². The number of benzene rings is 1. The van der Waals surface area contributed by atoms with Crippen molar-refractivity contribution in [2.24, 2.45) is 22.9 Å². The lowest BCUT2D eigenvalue weighted by molar-refractivity contribution is 0.0942. The summed E-state index contributed by atoms with van der Waals surface area (Å²) in [4.78, 5) is 32.2. The molecule has 2 heterocycles. The molecule has 2 aromatic rings. The Kier molecular flexibility index (Phi) is 9.67. The van der Waals surface area contributed by atoms with Gasteiger partial charge in [0.25, 0.3) is 5.91 Å². The SMILES string of the molecule is C=C(C)OC(=O)NC[C@H]1CC[C@H](CNC(=O)c2cc(N3CCC(CCN=N)CC3)nc3ccccc23)CC1. The molecule has 0 atom stereocenters. The van der Waals surface area contributed by atoms with Crippen molar-refractivity contribution in [3.05, 3.63) is 48.2 Å². The minimum atomic E-state index is -0.444. The average Bonchev–Trinajstić information content (AvgIpc) is 2.93. The van der Waals surface area contributed by atoms with Crippen molar-refractivity contribution in [2.75, 3.05) is 37.6 Å². The van der Waals surface area contributed by atoms with Crippen LogP contribution in [-0.2, 0) is 4.74 Å². The Balaban J connectivity index is 1.32. The normalized spacial score (nSPS) is 20.1. The van der Waals surface area contributed by atoms with Crippen LogP contribution in [0.5, 0.6) is 0 Å². The van der Waals surface area contributed by atoms with E-state index in [9.17, 15) is 9.59 Å². The number of carbonyl (C=O) groups excluding carboxylic acids is 2. The highest BCUT2D eigenvalue weighted by atomic mass is 16.6. The molecule has 1 saturated carbocycles. The van der Waals surface area contributed by atoms with Crippen molar-refractivity contribution < 1.29 is 14.3 Å². The number of aromatic nitrogens is 1. The summed E-state index contributed by atoms with van der Waals surface area (Å²) in [5, 5.41) is 10.4. The highest BCUT2D eigenvalue weighted by Crippen LogP contribution is 2.30. The summed E-state index contributed by atoms with van der Waals surface area (Å²) in [7, 11) is 0. The zero-order valence-electron chi connectivity index (χ0n) is 22.4. The van der Waals surface area contributed by atoms with Gasteiger partial charge in [-0.15, -0.1) is 0 Å². The second-order valence-corrected chi connectivity index (χ2v) is 10.7. The number of ether oxygens (including phenoxy) is 1. The van der Waals surface area contributed by atoms with E-state index in [1.165, 1.54) is 0 Å². The second-order valence-electron chi connectivity index (χ2n) is 10.7. The number of alkyl carbamates (subject to hydrolysis) is 1. The van der Waals surface area contributed by atoms with Crippen LogP contribution in [0.2, 0.25) is 0 Å². The van der Waals surface area contributed by atoms with E-state index in [0.717, 1.165) is 74.8 Å². The number of allylic oxidation sites excluding steroid dienone is 1. The summed E-state index contributed by atoms with van der Waals surface area (Å²) < 4.78 is 4.96. The molecule has 2 amide bonds. The number of nitrogens with one attached hydrogen (secondary N) is 3. The lowest BCUT2D eigenvalue weighted by atomic mass is 9.82. The number of nitrogens with zero attached hydrogens (tertiary/aromatic N) is 3. The van der Waals surface area contributed by atoms with Crippen molar-refractivity contribution in [2.45, 2.75) is 51.9 Å². The number of pyridine rings is 1. The molecule has 0 radical (unpaired) electrons. The fraction of sp³-hybridized carbons (Fsp3) is 0.552. The first-order chi connectivity index (χ1) is 18.4. The van der Waals surface area contributed by atoms with Crippen LogP contribution in [0.4, 0.5) is 10.6 Å². The van der Waals surface area contributed by atoms with E-state index in [1.807, 2.05) is 30.3 Å². The first kappa shape index (κ1) is 27.5. The van der Waals surface area contributed by atoms with Crippen LogP contribution in [0.15, 0.2) is 47.8 Å². The molecule has 4 rings (SSSR count). The van der Waals surface area contributed by atoms with E-state index >= 15 is 0 Å². The monoisotopic (exact) mass is 520 g/mol. The molecular formula is C29H40N6O3. The predicted molar refractivity (Wildman–Crippen MR) is 148 cm³/mol. The van der Waals surface area contributed by atoms with Crippen LogP contribution in [0.25, 0.3) is 10.9 Å². The topological polar surface area (TPSA) is 120 Å². The zero-order valence-corrected chi connectivity index (χ0v) is 22.4. The van der Waals surface area contributed by atoms with E-state index in [0.29, 0.717) is 48.7 Å². The van der Waals surface area contributed by atoms with Crippen LogP contribution in [0, 0.1) is 23.3 Å². The lowest BCUT2D eigenvalue weighted by Gasteiger charge is -2.33. The molecule has 9 nitrogen and oxygen atoms in total. The fourth-order valence-corrected chi connectivity index (χ4v) is 5.60. The first-order valence-electron chi connectivity index (χ1n) is 13.8. The van der Waals surface area contributed by atoms with Crippen molar-refractivity contribution in [3.8, 4) is 0 Å². The van der Waals surface area contributed by atoms with E-state index < -0.39 is 6.09 Å². The number of anilines is 1. The predicted octanol–water partition coefficient (Wildman–Crippen LogP) is 5.67. The minimum absolute atomic E-state index is 0.0527. The smallest absolute Gasteiger partial charge is 0.412 e. The number of hydrogen-bond donors (Lipinski definition) is 3. The summed E-state index contributed by atoms with van der Waals surface area (Å²) in [6.07, 6.45) is 6.71. The quantitative estimate of drug-likeness (QED) is 0.275. The molecule has 1 aromatic carbocycles. The number of carbonyl (C=O) groups is 2. The third-order valence-corrected chi connectivity index (χ3v) is 7.85. The van der Waals surface area contributed by atoms with Gasteiger partial charge in [0.15, 0.2) is 0 Å². The van der Waals surface area contributed by atoms with E-state index in [1.54, 1.807) is 6.92 Å². The maximum Gasteiger partial charge on any atom is 0.412 e. The number of piperidine rings is 1. The number of amides is 2. The summed E-state index contributed by atoms with van der Waals surface area (Å²) in [6, 6.07) is 9.80.